The molecule has 0 radical (unpaired) electrons. The van der Waals surface area contributed by atoms with Gasteiger partial charge in [0, 0.05) is 66.3 Å². The van der Waals surface area contributed by atoms with E-state index >= 15 is 4.39 Å². The monoisotopic (exact) mass is 752 g/mol. The Morgan fingerprint density at radius 1 is 0.909 bits per heavy atom. The summed E-state index contributed by atoms with van der Waals surface area (Å²) >= 11 is 0. The van der Waals surface area contributed by atoms with Crippen LogP contribution in [-0.2, 0) is 20.8 Å². The molecule has 13 heteroatoms. The Morgan fingerprint density at radius 2 is 1.69 bits per heavy atom. The maximum atomic E-state index is 15.9. The number of aromatic nitrogens is 2. The minimum atomic E-state index is -0.712. The van der Waals surface area contributed by atoms with E-state index in [4.69, 9.17) is 29.4 Å². The standard InChI is InChI=1S/C42H42F2N4O7/c1-42(11-13-52-14-12-42)25-48-21-34(26-3-6-29(43)7-4-26)39(49)35(22-48)41(50)47-30-8-9-32(36(44)19-30)33-17-28(20-46-40(33)45)27-5-10-37(38(18-27)51-2)55-24-31-23-53-15-16-54-31/h3-10,17-22,31H,11-16,23-25H2,1-2H3,(H2,45,46)(H,47,50)/t31-/m1/s1. The van der Waals surface area contributed by atoms with Crippen LogP contribution in [0.25, 0.3) is 33.4 Å². The number of hydrogen-bond acceptors (Lipinski definition) is 9. The first-order chi connectivity index (χ1) is 26.6. The van der Waals surface area contributed by atoms with Crippen LogP contribution in [0, 0.1) is 17.0 Å². The second kappa shape index (κ2) is 16.4. The van der Waals surface area contributed by atoms with Crippen LogP contribution in [-0.4, -0.2) is 68.3 Å². The largest absolute Gasteiger partial charge is 0.493 e. The number of rotatable bonds is 11. The van der Waals surface area contributed by atoms with Gasteiger partial charge in [0.2, 0.25) is 5.43 Å². The van der Waals surface area contributed by atoms with Crippen LogP contribution in [0.3, 0.4) is 0 Å². The molecule has 0 saturated carbocycles. The molecule has 5 aromatic rings. The van der Waals surface area contributed by atoms with Crippen molar-refractivity contribution in [2.45, 2.75) is 32.4 Å². The molecule has 2 saturated heterocycles. The van der Waals surface area contributed by atoms with E-state index in [1.165, 1.54) is 48.7 Å². The topological polar surface area (TPSA) is 136 Å². The molecule has 4 heterocycles. The smallest absolute Gasteiger partial charge is 0.261 e. The molecule has 0 bridgehead atoms. The first-order valence-corrected chi connectivity index (χ1v) is 18.0. The zero-order valence-electron chi connectivity index (χ0n) is 30.6. The minimum Gasteiger partial charge on any atom is -0.493 e. The molecule has 2 aliphatic rings. The van der Waals surface area contributed by atoms with Crippen LogP contribution < -0.4 is 26.0 Å². The lowest BCUT2D eigenvalue weighted by atomic mass is 9.82. The van der Waals surface area contributed by atoms with Crippen molar-refractivity contribution >= 4 is 17.4 Å². The van der Waals surface area contributed by atoms with Gasteiger partial charge in [0.25, 0.3) is 5.91 Å². The van der Waals surface area contributed by atoms with Crippen molar-refractivity contribution < 1.29 is 37.3 Å². The Kier molecular flexibility index (Phi) is 11.2. The normalized spacial score (nSPS) is 16.7. The van der Waals surface area contributed by atoms with Gasteiger partial charge in [-0.3, -0.25) is 9.59 Å². The van der Waals surface area contributed by atoms with Crippen molar-refractivity contribution in [1.29, 1.82) is 0 Å². The van der Waals surface area contributed by atoms with Gasteiger partial charge in [0.15, 0.2) is 11.5 Å². The molecule has 3 aromatic carbocycles. The molecule has 3 N–H and O–H groups in total. The Labute approximate surface area is 317 Å². The van der Waals surface area contributed by atoms with Crippen molar-refractivity contribution in [3.05, 3.63) is 113 Å². The number of carbonyl (C=O) groups excluding carboxylic acids is 1. The lowest BCUT2D eigenvalue weighted by Gasteiger charge is -2.34. The summed E-state index contributed by atoms with van der Waals surface area (Å²) in [7, 11) is 1.54. The van der Waals surface area contributed by atoms with Gasteiger partial charge in [-0.1, -0.05) is 25.1 Å². The molecule has 2 fully saturated rings. The first kappa shape index (κ1) is 37.7. The van der Waals surface area contributed by atoms with Crippen molar-refractivity contribution in [2.24, 2.45) is 5.41 Å². The SMILES string of the molecule is COc1cc(-c2cnc(N)c(-c3ccc(NC(=O)c4cn(CC5(C)CCOCC5)cc(-c5ccc(F)cc5)c4=O)cc3F)c2)ccc1OC[C@H]1COCCO1. The first-order valence-electron chi connectivity index (χ1n) is 18.0. The summed E-state index contributed by atoms with van der Waals surface area (Å²) in [6.45, 7) is 5.74. The fraction of sp³-hybridized carbons (Fsp3) is 0.310. The zero-order valence-corrected chi connectivity index (χ0v) is 30.6. The molecule has 1 atom stereocenters. The number of benzene rings is 3. The highest BCUT2D eigenvalue weighted by molar-refractivity contribution is 6.04. The van der Waals surface area contributed by atoms with Gasteiger partial charge >= 0.3 is 0 Å². The number of nitrogen functional groups attached to an aromatic ring is 1. The van der Waals surface area contributed by atoms with Crippen molar-refractivity contribution in [2.75, 3.05) is 57.8 Å². The summed E-state index contributed by atoms with van der Waals surface area (Å²) in [5, 5.41) is 2.69. The quantitative estimate of drug-likeness (QED) is 0.147. The Bertz CT molecular complexity index is 2230. The van der Waals surface area contributed by atoms with Crippen molar-refractivity contribution in [3.63, 3.8) is 0 Å². The lowest BCUT2D eigenvalue weighted by Crippen LogP contribution is -2.33. The molecular formula is C42H42F2N4O7. The number of pyridine rings is 2. The summed E-state index contributed by atoms with van der Waals surface area (Å²) in [5.41, 5.74) is 8.21. The van der Waals surface area contributed by atoms with Crippen LogP contribution in [0.4, 0.5) is 20.3 Å². The maximum Gasteiger partial charge on any atom is 0.261 e. The maximum absolute atomic E-state index is 15.9. The zero-order chi connectivity index (χ0) is 38.5. The van der Waals surface area contributed by atoms with E-state index in [-0.39, 0.29) is 39.7 Å². The minimum absolute atomic E-state index is 0.109. The second-order valence-corrected chi connectivity index (χ2v) is 14.1. The van der Waals surface area contributed by atoms with E-state index in [0.29, 0.717) is 74.4 Å². The number of ether oxygens (including phenoxy) is 5. The Balaban J connectivity index is 1.13. The summed E-state index contributed by atoms with van der Waals surface area (Å²) in [5.74, 6) is -0.689. The van der Waals surface area contributed by atoms with Gasteiger partial charge in [0.05, 0.1) is 26.9 Å². The van der Waals surface area contributed by atoms with Crippen molar-refractivity contribution in [3.8, 4) is 44.9 Å². The van der Waals surface area contributed by atoms with E-state index in [1.54, 1.807) is 37.7 Å². The molecule has 286 valence electrons. The molecule has 11 nitrogen and oxygen atoms in total. The number of nitrogens with zero attached hydrogens (tertiary/aromatic N) is 2. The molecule has 1 amide bonds. The summed E-state index contributed by atoms with van der Waals surface area (Å²) in [6, 6.07) is 16.9. The molecular weight excluding hydrogens is 710 g/mol. The molecule has 55 heavy (non-hydrogen) atoms. The third-order valence-electron chi connectivity index (χ3n) is 9.99. The summed E-state index contributed by atoms with van der Waals surface area (Å²) in [4.78, 5) is 31.8. The molecule has 2 aromatic heterocycles. The highest BCUT2D eigenvalue weighted by atomic mass is 19.1. The average Bonchev–Trinajstić information content (AvgIpc) is 3.19. The van der Waals surface area contributed by atoms with Gasteiger partial charge in [-0.05, 0) is 77.9 Å². The fourth-order valence-corrected chi connectivity index (χ4v) is 6.82. The van der Waals surface area contributed by atoms with E-state index in [9.17, 15) is 14.0 Å². The average molecular weight is 753 g/mol. The van der Waals surface area contributed by atoms with Gasteiger partial charge in [0.1, 0.15) is 35.7 Å². The van der Waals surface area contributed by atoms with Gasteiger partial charge in [-0.15, -0.1) is 0 Å². The van der Waals surface area contributed by atoms with Crippen molar-refractivity contribution in [1.82, 2.24) is 9.55 Å². The highest BCUT2D eigenvalue weighted by Crippen LogP contribution is 2.37. The van der Waals surface area contributed by atoms with Crippen LogP contribution >= 0.6 is 0 Å². The van der Waals surface area contributed by atoms with Crippen LogP contribution in [0.5, 0.6) is 11.5 Å². The van der Waals surface area contributed by atoms with Gasteiger partial charge < -0.3 is 39.3 Å². The second-order valence-electron chi connectivity index (χ2n) is 14.1. The molecule has 0 aliphatic carbocycles. The van der Waals surface area contributed by atoms with Crippen LogP contribution in [0.2, 0.25) is 0 Å². The number of amides is 1. The van der Waals surface area contributed by atoms with E-state index in [0.717, 1.165) is 18.4 Å². The predicted molar refractivity (Wildman–Crippen MR) is 204 cm³/mol. The number of anilines is 2. The Hall–Kier alpha value is -5.63. The number of methoxy groups -OCH3 is 1. The van der Waals surface area contributed by atoms with E-state index in [2.05, 4.69) is 17.2 Å². The van der Waals surface area contributed by atoms with E-state index < -0.39 is 23.0 Å². The number of nitrogens with one attached hydrogen (secondary N) is 1. The van der Waals surface area contributed by atoms with E-state index in [1.807, 2.05) is 10.6 Å². The number of carbonyl (C=O) groups is 1. The lowest BCUT2D eigenvalue weighted by molar-refractivity contribution is -0.101. The molecule has 0 unspecified atom stereocenters. The van der Waals surface area contributed by atoms with Gasteiger partial charge in [-0.25, -0.2) is 13.8 Å². The highest BCUT2D eigenvalue weighted by Gasteiger charge is 2.29. The molecule has 0 spiro atoms. The molecule has 7 rings (SSSR count). The third-order valence-corrected chi connectivity index (χ3v) is 9.99. The van der Waals surface area contributed by atoms with Gasteiger partial charge in [-0.2, -0.15) is 0 Å². The molecule has 2 aliphatic heterocycles. The third kappa shape index (κ3) is 8.69. The van der Waals surface area contributed by atoms with Crippen LogP contribution in [0.1, 0.15) is 30.1 Å². The number of halogens is 2. The number of nitrogens with two attached hydrogens (primary N) is 1. The Morgan fingerprint density at radius 3 is 2.42 bits per heavy atom. The summed E-state index contributed by atoms with van der Waals surface area (Å²) in [6.07, 6.45) is 6.23. The fourth-order valence-electron chi connectivity index (χ4n) is 6.82. The van der Waals surface area contributed by atoms with Crippen LogP contribution in [0.15, 0.2) is 90.1 Å². The number of hydrogen-bond donors (Lipinski definition) is 2. The predicted octanol–water partition coefficient (Wildman–Crippen LogP) is 6.98. The summed E-state index contributed by atoms with van der Waals surface area (Å²) < 4.78 is 59.7.